The highest BCUT2D eigenvalue weighted by Gasteiger charge is 2.35. The van der Waals surface area contributed by atoms with Crippen LogP contribution in [0.1, 0.15) is 34.0 Å². The average Bonchev–Trinajstić information content (AvgIpc) is 3.29. The Morgan fingerprint density at radius 2 is 1.77 bits per heavy atom. The zero-order valence-corrected chi connectivity index (χ0v) is 21.2. The van der Waals surface area contributed by atoms with Gasteiger partial charge in [0.1, 0.15) is 5.82 Å². The molecular weight excluding hydrogens is 469 g/mol. The van der Waals surface area contributed by atoms with Gasteiger partial charge in [0.15, 0.2) is 0 Å². The van der Waals surface area contributed by atoms with E-state index in [1.54, 1.807) is 19.1 Å². The smallest absolute Gasteiger partial charge is 0.263 e. The molecule has 0 spiro atoms. The van der Waals surface area contributed by atoms with Gasteiger partial charge in [-0.2, -0.15) is 9.40 Å². The van der Waals surface area contributed by atoms with Crippen molar-refractivity contribution in [3.05, 3.63) is 70.7 Å². The van der Waals surface area contributed by atoms with Gasteiger partial charge in [-0.1, -0.05) is 18.2 Å². The predicted molar refractivity (Wildman–Crippen MR) is 134 cm³/mol. The molecule has 0 aliphatic carbocycles. The van der Waals surface area contributed by atoms with Crippen molar-refractivity contribution < 1.29 is 17.6 Å². The Morgan fingerprint density at radius 3 is 2.43 bits per heavy atom. The topological polar surface area (TPSA) is 87.5 Å². The summed E-state index contributed by atoms with van der Waals surface area (Å²) in [5, 5.41) is 6.52. The third-order valence-corrected chi connectivity index (χ3v) is 8.30. The summed E-state index contributed by atoms with van der Waals surface area (Å²) < 4.78 is 43.8. The molecule has 1 aromatic heterocycles. The summed E-state index contributed by atoms with van der Waals surface area (Å²) in [6, 6.07) is 10.4. The molecule has 0 atom stereocenters. The number of aryl methyl sites for hydroxylation is 3. The van der Waals surface area contributed by atoms with Crippen LogP contribution in [0, 0.1) is 26.6 Å². The second-order valence-corrected chi connectivity index (χ2v) is 10.6. The summed E-state index contributed by atoms with van der Waals surface area (Å²) in [5.74, 6) is -1.11. The van der Waals surface area contributed by atoms with Crippen molar-refractivity contribution in [2.24, 2.45) is 0 Å². The predicted octanol–water partition coefficient (Wildman–Crippen LogP) is 3.73. The minimum atomic E-state index is -4.02. The molecule has 10 heteroatoms. The fraction of sp³-hybridized carbons (Fsp3) is 0.360. The van der Waals surface area contributed by atoms with Crippen molar-refractivity contribution in [3.8, 4) is 0 Å². The van der Waals surface area contributed by atoms with Crippen LogP contribution in [0.2, 0.25) is 0 Å². The third-order valence-electron chi connectivity index (χ3n) is 6.47. The maximum absolute atomic E-state index is 13.9. The second-order valence-electron chi connectivity index (χ2n) is 8.73. The summed E-state index contributed by atoms with van der Waals surface area (Å²) in [6.45, 7) is 9.56. The molecule has 1 saturated heterocycles. The number of carbonyl (C=O) groups excluding carboxylic acids is 1. The second kappa shape index (κ2) is 9.79. The molecule has 1 amide bonds. The maximum Gasteiger partial charge on any atom is 0.263 e. The van der Waals surface area contributed by atoms with Gasteiger partial charge in [0.25, 0.3) is 15.9 Å². The standard InChI is InChI=1S/C25H30FN5O3S/c1-5-30-16-21(24(32)27-20-10-9-18(3)22(26)15-20)25(28-30)35(33,34)31-13-11-29(12-14-31)23-8-6-7-17(2)19(23)4/h6-10,15-16H,5,11-14H2,1-4H3,(H,27,32). The number of piperazine rings is 1. The molecule has 1 N–H and O–H groups in total. The lowest BCUT2D eigenvalue weighted by molar-refractivity contribution is 0.102. The zero-order valence-electron chi connectivity index (χ0n) is 20.4. The number of aromatic nitrogens is 2. The number of anilines is 2. The fourth-order valence-corrected chi connectivity index (χ4v) is 5.67. The van der Waals surface area contributed by atoms with Gasteiger partial charge < -0.3 is 10.2 Å². The first-order chi connectivity index (χ1) is 16.6. The normalized spacial score (nSPS) is 14.8. The first-order valence-electron chi connectivity index (χ1n) is 11.6. The average molecular weight is 500 g/mol. The molecule has 186 valence electrons. The molecule has 0 unspecified atom stereocenters. The number of nitrogens with one attached hydrogen (secondary N) is 1. The van der Waals surface area contributed by atoms with Crippen molar-refractivity contribution in [1.82, 2.24) is 14.1 Å². The molecule has 0 saturated carbocycles. The number of hydrogen-bond donors (Lipinski definition) is 1. The molecule has 4 rings (SSSR count). The van der Waals surface area contributed by atoms with E-state index in [2.05, 4.69) is 35.2 Å². The minimum Gasteiger partial charge on any atom is -0.369 e. The summed E-state index contributed by atoms with van der Waals surface area (Å²) >= 11 is 0. The Bertz CT molecular complexity index is 1360. The molecule has 35 heavy (non-hydrogen) atoms. The molecule has 3 aromatic rings. The van der Waals surface area contributed by atoms with Crippen molar-refractivity contribution in [1.29, 1.82) is 0 Å². The molecule has 1 aliphatic rings. The lowest BCUT2D eigenvalue weighted by Crippen LogP contribution is -2.49. The van der Waals surface area contributed by atoms with E-state index in [0.29, 0.717) is 25.2 Å². The van der Waals surface area contributed by atoms with Crippen LogP contribution < -0.4 is 10.2 Å². The summed E-state index contributed by atoms with van der Waals surface area (Å²) in [6.07, 6.45) is 1.42. The lowest BCUT2D eigenvalue weighted by Gasteiger charge is -2.36. The molecular formula is C25H30FN5O3S. The SMILES string of the molecule is CCn1cc(C(=O)Nc2ccc(C)c(F)c2)c(S(=O)(=O)N2CCN(c3cccc(C)c3C)CC2)n1. The van der Waals surface area contributed by atoms with E-state index in [1.165, 1.54) is 32.4 Å². The van der Waals surface area contributed by atoms with Crippen molar-refractivity contribution in [3.63, 3.8) is 0 Å². The van der Waals surface area contributed by atoms with E-state index >= 15 is 0 Å². The van der Waals surface area contributed by atoms with Crippen LogP contribution in [0.4, 0.5) is 15.8 Å². The fourth-order valence-electron chi connectivity index (χ4n) is 4.15. The number of benzene rings is 2. The molecule has 2 aromatic carbocycles. The Hall–Kier alpha value is -3.24. The number of sulfonamides is 1. The van der Waals surface area contributed by atoms with Crippen LogP contribution in [-0.2, 0) is 16.6 Å². The van der Waals surface area contributed by atoms with Crippen LogP contribution in [0.15, 0.2) is 47.6 Å². The van der Waals surface area contributed by atoms with Gasteiger partial charge in [0, 0.05) is 50.3 Å². The van der Waals surface area contributed by atoms with Crippen molar-refractivity contribution >= 4 is 27.3 Å². The van der Waals surface area contributed by atoms with Gasteiger partial charge in [-0.3, -0.25) is 9.48 Å². The monoisotopic (exact) mass is 499 g/mol. The van der Waals surface area contributed by atoms with Crippen LogP contribution in [0.3, 0.4) is 0 Å². The minimum absolute atomic E-state index is 0.0650. The van der Waals surface area contributed by atoms with Crippen LogP contribution >= 0.6 is 0 Å². The van der Waals surface area contributed by atoms with Gasteiger partial charge in [-0.05, 0) is 62.6 Å². The van der Waals surface area contributed by atoms with E-state index in [0.717, 1.165) is 5.69 Å². The van der Waals surface area contributed by atoms with E-state index < -0.39 is 21.7 Å². The Balaban J connectivity index is 1.56. The Kier molecular flexibility index (Phi) is 6.95. The van der Waals surface area contributed by atoms with Crippen LogP contribution in [0.25, 0.3) is 0 Å². The van der Waals surface area contributed by atoms with Gasteiger partial charge in [0.05, 0.1) is 5.56 Å². The summed E-state index contributed by atoms with van der Waals surface area (Å²) in [5.41, 5.74) is 4.09. The Labute approximate surface area is 205 Å². The number of hydrogen-bond acceptors (Lipinski definition) is 5. The first-order valence-corrected chi connectivity index (χ1v) is 13.0. The first kappa shape index (κ1) is 24.9. The summed E-state index contributed by atoms with van der Waals surface area (Å²) in [4.78, 5) is 15.2. The third kappa shape index (κ3) is 4.94. The van der Waals surface area contributed by atoms with Gasteiger partial charge >= 0.3 is 0 Å². The van der Waals surface area contributed by atoms with E-state index in [9.17, 15) is 17.6 Å². The van der Waals surface area contributed by atoms with Gasteiger partial charge in [0.2, 0.25) is 5.03 Å². The number of halogens is 1. The molecule has 0 bridgehead atoms. The van der Waals surface area contributed by atoms with E-state index in [1.807, 2.05) is 19.1 Å². The summed E-state index contributed by atoms with van der Waals surface area (Å²) in [7, 11) is -4.02. The van der Waals surface area contributed by atoms with E-state index in [-0.39, 0.29) is 29.4 Å². The number of amides is 1. The van der Waals surface area contributed by atoms with Crippen LogP contribution in [-0.4, -0.2) is 54.6 Å². The largest absolute Gasteiger partial charge is 0.369 e. The van der Waals surface area contributed by atoms with Crippen molar-refractivity contribution in [2.75, 3.05) is 36.4 Å². The molecule has 2 heterocycles. The molecule has 1 aliphatic heterocycles. The van der Waals surface area contributed by atoms with Gasteiger partial charge in [-0.25, -0.2) is 12.8 Å². The Morgan fingerprint density at radius 1 is 1.06 bits per heavy atom. The van der Waals surface area contributed by atoms with Crippen molar-refractivity contribution in [2.45, 2.75) is 39.3 Å². The highest BCUT2D eigenvalue weighted by molar-refractivity contribution is 7.89. The highest BCUT2D eigenvalue weighted by Crippen LogP contribution is 2.27. The number of rotatable bonds is 6. The molecule has 8 nitrogen and oxygen atoms in total. The van der Waals surface area contributed by atoms with Crippen LogP contribution in [0.5, 0.6) is 0 Å². The molecule has 1 fully saturated rings. The zero-order chi connectivity index (χ0) is 25.3. The number of carbonyl (C=O) groups is 1. The van der Waals surface area contributed by atoms with Gasteiger partial charge in [-0.15, -0.1) is 0 Å². The highest BCUT2D eigenvalue weighted by atomic mass is 32.2. The lowest BCUT2D eigenvalue weighted by atomic mass is 10.1. The van der Waals surface area contributed by atoms with E-state index in [4.69, 9.17) is 0 Å². The number of nitrogens with zero attached hydrogens (tertiary/aromatic N) is 4. The quantitative estimate of drug-likeness (QED) is 0.559. The maximum atomic E-state index is 13.9. The molecule has 0 radical (unpaired) electrons.